The Balaban J connectivity index is 1.95. The van der Waals surface area contributed by atoms with Crippen molar-refractivity contribution in [2.24, 2.45) is 5.92 Å². The number of hydrogen-bond acceptors (Lipinski definition) is 4. The van der Waals surface area contributed by atoms with Crippen LogP contribution < -0.4 is 0 Å². The summed E-state index contributed by atoms with van der Waals surface area (Å²) < 4.78 is 5.66. The van der Waals surface area contributed by atoms with Gasteiger partial charge in [-0.2, -0.15) is 0 Å². The molecule has 2 aromatic rings. The highest BCUT2D eigenvalue weighted by Gasteiger charge is 2.18. The Morgan fingerprint density at radius 1 is 1.25 bits per heavy atom. The summed E-state index contributed by atoms with van der Waals surface area (Å²) in [6.45, 7) is 4.04. The van der Waals surface area contributed by atoms with Gasteiger partial charge in [0.2, 0.25) is 5.91 Å². The van der Waals surface area contributed by atoms with E-state index in [-0.39, 0.29) is 24.8 Å². The molecule has 1 aromatic carbocycles. The molecular formula is C18H22N2O4. The van der Waals surface area contributed by atoms with E-state index in [0.29, 0.717) is 24.6 Å². The van der Waals surface area contributed by atoms with Gasteiger partial charge in [0.05, 0.1) is 6.20 Å². The molecule has 2 rings (SSSR count). The van der Waals surface area contributed by atoms with Crippen LogP contribution in [-0.4, -0.2) is 40.0 Å². The number of oxazole rings is 1. The van der Waals surface area contributed by atoms with Crippen LogP contribution in [0.5, 0.6) is 0 Å². The lowest BCUT2D eigenvalue weighted by molar-refractivity contribution is -0.144. The SMILES string of the molecule is CC(C)CN(CC(=O)O)C(=O)CCc1ncc(-c2ccccc2)o1. The minimum atomic E-state index is -1.01. The van der Waals surface area contributed by atoms with Gasteiger partial charge in [-0.25, -0.2) is 4.98 Å². The third-order valence-corrected chi connectivity index (χ3v) is 3.43. The molecule has 0 bridgehead atoms. The lowest BCUT2D eigenvalue weighted by atomic mass is 10.2. The van der Waals surface area contributed by atoms with Crippen molar-refractivity contribution in [1.29, 1.82) is 0 Å². The molecule has 1 amide bonds. The Labute approximate surface area is 141 Å². The number of aromatic nitrogens is 1. The summed E-state index contributed by atoms with van der Waals surface area (Å²) in [7, 11) is 0. The van der Waals surface area contributed by atoms with E-state index >= 15 is 0 Å². The molecule has 0 radical (unpaired) electrons. The number of carbonyl (C=O) groups excluding carboxylic acids is 1. The zero-order valence-electron chi connectivity index (χ0n) is 13.9. The molecule has 0 aliphatic carbocycles. The van der Waals surface area contributed by atoms with Crippen LogP contribution in [0.4, 0.5) is 0 Å². The second kappa shape index (κ2) is 8.29. The maximum atomic E-state index is 12.3. The first kappa shape index (κ1) is 17.7. The Hall–Kier alpha value is -2.63. The Morgan fingerprint density at radius 3 is 2.58 bits per heavy atom. The molecule has 1 aromatic heterocycles. The molecule has 0 spiro atoms. The van der Waals surface area contributed by atoms with Gasteiger partial charge in [-0.15, -0.1) is 0 Å². The predicted octanol–water partition coefficient (Wildman–Crippen LogP) is 2.84. The number of hydrogen-bond donors (Lipinski definition) is 1. The van der Waals surface area contributed by atoms with Gasteiger partial charge in [-0.3, -0.25) is 9.59 Å². The molecule has 0 saturated carbocycles. The van der Waals surface area contributed by atoms with Crippen LogP contribution in [0, 0.1) is 5.92 Å². The molecule has 1 N–H and O–H groups in total. The van der Waals surface area contributed by atoms with Gasteiger partial charge >= 0.3 is 5.97 Å². The van der Waals surface area contributed by atoms with Gasteiger partial charge in [-0.05, 0) is 5.92 Å². The fraction of sp³-hybridized carbons (Fsp3) is 0.389. The van der Waals surface area contributed by atoms with E-state index in [1.165, 1.54) is 4.90 Å². The quantitative estimate of drug-likeness (QED) is 0.804. The summed E-state index contributed by atoms with van der Waals surface area (Å²) in [5.41, 5.74) is 0.926. The maximum Gasteiger partial charge on any atom is 0.323 e. The molecule has 0 atom stereocenters. The smallest absolute Gasteiger partial charge is 0.323 e. The van der Waals surface area contributed by atoms with Crippen molar-refractivity contribution in [3.63, 3.8) is 0 Å². The maximum absolute atomic E-state index is 12.3. The van der Waals surface area contributed by atoms with Crippen LogP contribution in [-0.2, 0) is 16.0 Å². The van der Waals surface area contributed by atoms with E-state index in [4.69, 9.17) is 9.52 Å². The van der Waals surface area contributed by atoms with Gasteiger partial charge in [0, 0.05) is 24.9 Å². The highest BCUT2D eigenvalue weighted by molar-refractivity contribution is 5.81. The van der Waals surface area contributed by atoms with Crippen molar-refractivity contribution in [3.05, 3.63) is 42.4 Å². The number of amides is 1. The summed E-state index contributed by atoms with van der Waals surface area (Å²) in [6.07, 6.45) is 2.16. The molecule has 0 aliphatic heterocycles. The number of carboxylic acids is 1. The molecule has 0 aliphatic rings. The van der Waals surface area contributed by atoms with Crippen LogP contribution in [0.3, 0.4) is 0 Å². The molecule has 1 heterocycles. The standard InChI is InChI=1S/C18H22N2O4/c1-13(2)11-20(12-18(22)23)17(21)9-8-16-19-10-15(24-16)14-6-4-3-5-7-14/h3-7,10,13H,8-9,11-12H2,1-2H3,(H,22,23). The number of benzene rings is 1. The summed E-state index contributed by atoms with van der Waals surface area (Å²) in [6, 6.07) is 9.60. The number of aliphatic carboxylic acids is 1. The topological polar surface area (TPSA) is 83.6 Å². The largest absolute Gasteiger partial charge is 0.480 e. The van der Waals surface area contributed by atoms with Gasteiger partial charge in [-0.1, -0.05) is 44.2 Å². The van der Waals surface area contributed by atoms with E-state index in [9.17, 15) is 9.59 Å². The Morgan fingerprint density at radius 2 is 1.96 bits per heavy atom. The normalized spacial score (nSPS) is 10.8. The van der Waals surface area contributed by atoms with Crippen LogP contribution >= 0.6 is 0 Å². The van der Waals surface area contributed by atoms with Gasteiger partial charge in [0.15, 0.2) is 11.7 Å². The molecule has 0 fully saturated rings. The number of nitrogens with zero attached hydrogens (tertiary/aromatic N) is 2. The molecule has 6 nitrogen and oxygen atoms in total. The summed E-state index contributed by atoms with van der Waals surface area (Å²) >= 11 is 0. The third kappa shape index (κ3) is 5.22. The van der Waals surface area contributed by atoms with E-state index in [1.807, 2.05) is 44.2 Å². The summed E-state index contributed by atoms with van der Waals surface area (Å²) in [5, 5.41) is 8.94. The number of rotatable bonds is 8. The van der Waals surface area contributed by atoms with E-state index in [2.05, 4.69) is 4.98 Å². The van der Waals surface area contributed by atoms with Gasteiger partial charge in [0.1, 0.15) is 6.54 Å². The van der Waals surface area contributed by atoms with E-state index in [0.717, 1.165) is 5.56 Å². The minimum Gasteiger partial charge on any atom is -0.480 e. The lowest BCUT2D eigenvalue weighted by Gasteiger charge is -2.22. The fourth-order valence-electron chi connectivity index (χ4n) is 2.39. The Kier molecular flexibility index (Phi) is 6.12. The molecule has 128 valence electrons. The van der Waals surface area contributed by atoms with Crippen molar-refractivity contribution < 1.29 is 19.1 Å². The van der Waals surface area contributed by atoms with Crippen molar-refractivity contribution in [3.8, 4) is 11.3 Å². The van der Waals surface area contributed by atoms with Crippen LogP contribution in [0.1, 0.15) is 26.2 Å². The van der Waals surface area contributed by atoms with Crippen molar-refractivity contribution in [1.82, 2.24) is 9.88 Å². The third-order valence-electron chi connectivity index (χ3n) is 3.43. The fourth-order valence-corrected chi connectivity index (χ4v) is 2.39. The second-order valence-electron chi connectivity index (χ2n) is 6.05. The monoisotopic (exact) mass is 330 g/mol. The first-order chi connectivity index (χ1) is 11.5. The van der Waals surface area contributed by atoms with Crippen molar-refractivity contribution >= 4 is 11.9 Å². The minimum absolute atomic E-state index is 0.175. The van der Waals surface area contributed by atoms with E-state index < -0.39 is 5.97 Å². The lowest BCUT2D eigenvalue weighted by Crippen LogP contribution is -2.38. The molecular weight excluding hydrogens is 308 g/mol. The molecule has 0 saturated heterocycles. The van der Waals surface area contributed by atoms with Crippen LogP contribution in [0.25, 0.3) is 11.3 Å². The first-order valence-corrected chi connectivity index (χ1v) is 7.95. The van der Waals surface area contributed by atoms with Gasteiger partial charge in [0.25, 0.3) is 0 Å². The highest BCUT2D eigenvalue weighted by Crippen LogP contribution is 2.20. The zero-order chi connectivity index (χ0) is 17.5. The average Bonchev–Trinajstić information content (AvgIpc) is 3.01. The zero-order valence-corrected chi connectivity index (χ0v) is 13.9. The Bertz CT molecular complexity index is 679. The summed E-state index contributed by atoms with van der Waals surface area (Å²) in [4.78, 5) is 28.7. The molecule has 24 heavy (non-hydrogen) atoms. The predicted molar refractivity (Wildman–Crippen MR) is 89.3 cm³/mol. The average molecular weight is 330 g/mol. The first-order valence-electron chi connectivity index (χ1n) is 7.95. The van der Waals surface area contributed by atoms with E-state index in [1.54, 1.807) is 6.20 Å². The number of carbonyl (C=O) groups is 2. The number of carboxylic acid groups (broad SMARTS) is 1. The van der Waals surface area contributed by atoms with Gasteiger partial charge < -0.3 is 14.4 Å². The van der Waals surface area contributed by atoms with Crippen LogP contribution in [0.15, 0.2) is 40.9 Å². The summed E-state index contributed by atoms with van der Waals surface area (Å²) in [5.74, 6) is 0.126. The highest BCUT2D eigenvalue weighted by atomic mass is 16.4. The van der Waals surface area contributed by atoms with Crippen molar-refractivity contribution in [2.75, 3.05) is 13.1 Å². The molecule has 6 heteroatoms. The number of aryl methyl sites for hydroxylation is 1. The second-order valence-corrected chi connectivity index (χ2v) is 6.05. The van der Waals surface area contributed by atoms with Crippen molar-refractivity contribution in [2.45, 2.75) is 26.7 Å². The molecule has 0 unspecified atom stereocenters. The van der Waals surface area contributed by atoms with Crippen LogP contribution in [0.2, 0.25) is 0 Å².